The van der Waals surface area contributed by atoms with Gasteiger partial charge in [-0.15, -0.1) is 0 Å². The van der Waals surface area contributed by atoms with E-state index in [2.05, 4.69) is 0 Å². The molecule has 0 aliphatic rings. The summed E-state index contributed by atoms with van der Waals surface area (Å²) in [5.74, 6) is -0.478. The number of Topliss-reactive ketones (excluding diaryl/α,β-unsaturated/α-hetero) is 1. The third-order valence-electron chi connectivity index (χ3n) is 3.47. The minimum absolute atomic E-state index is 0.235. The Morgan fingerprint density at radius 3 is 1.96 bits per heavy atom. The van der Waals surface area contributed by atoms with Crippen molar-refractivity contribution < 1.29 is 23.9 Å². The number of rotatable bonds is 7. The van der Waals surface area contributed by atoms with Gasteiger partial charge < -0.3 is 9.47 Å². The van der Waals surface area contributed by atoms with Crippen molar-refractivity contribution in [1.29, 1.82) is 0 Å². The van der Waals surface area contributed by atoms with E-state index in [0.717, 1.165) is 11.1 Å². The fraction of sp³-hybridized carbons (Fsp3) is 0.250. The molecule has 0 saturated heterocycles. The highest BCUT2D eigenvalue weighted by Gasteiger charge is 2.10. The van der Waals surface area contributed by atoms with E-state index in [1.165, 1.54) is 6.92 Å². The van der Waals surface area contributed by atoms with E-state index in [1.807, 2.05) is 31.2 Å². The zero-order valence-corrected chi connectivity index (χ0v) is 14.3. The van der Waals surface area contributed by atoms with Crippen LogP contribution in [0.5, 0.6) is 5.75 Å². The molecular formula is C20H20O5. The van der Waals surface area contributed by atoms with Crippen LogP contribution >= 0.6 is 0 Å². The first-order chi connectivity index (χ1) is 12.0. The maximum Gasteiger partial charge on any atom is 0.308 e. The van der Waals surface area contributed by atoms with E-state index in [9.17, 15) is 14.4 Å². The van der Waals surface area contributed by atoms with Crippen LogP contribution in [0.3, 0.4) is 0 Å². The Morgan fingerprint density at radius 2 is 1.44 bits per heavy atom. The molecule has 2 rings (SSSR count). The number of hydrogen-bond acceptors (Lipinski definition) is 5. The van der Waals surface area contributed by atoms with Crippen molar-refractivity contribution in [2.75, 3.05) is 6.61 Å². The Bertz CT molecular complexity index is 745. The zero-order valence-electron chi connectivity index (χ0n) is 14.3. The molecule has 0 unspecified atom stereocenters. The van der Waals surface area contributed by atoms with Crippen LogP contribution in [0.2, 0.25) is 0 Å². The maximum atomic E-state index is 12.0. The first-order valence-corrected chi connectivity index (χ1v) is 8.07. The number of esters is 2. The standard InChI is InChI=1S/C20H20O5/c1-3-4-20(23)24-13-19(22)17-7-5-15(6-8-17)16-9-11-18(12-10-16)25-14(2)21/h5-12H,3-4,13H2,1-2H3. The van der Waals surface area contributed by atoms with Gasteiger partial charge in [0.25, 0.3) is 0 Å². The van der Waals surface area contributed by atoms with Crippen molar-refractivity contribution in [1.82, 2.24) is 0 Å². The van der Waals surface area contributed by atoms with Gasteiger partial charge in [0.15, 0.2) is 12.4 Å². The van der Waals surface area contributed by atoms with Crippen LogP contribution in [0.1, 0.15) is 37.0 Å². The number of ether oxygens (including phenoxy) is 2. The summed E-state index contributed by atoms with van der Waals surface area (Å²) in [7, 11) is 0. The minimum atomic E-state index is -0.366. The number of ketones is 1. The summed E-state index contributed by atoms with van der Waals surface area (Å²) < 4.78 is 9.92. The molecule has 2 aromatic rings. The molecule has 25 heavy (non-hydrogen) atoms. The lowest BCUT2D eigenvalue weighted by Gasteiger charge is -2.06. The van der Waals surface area contributed by atoms with E-state index < -0.39 is 0 Å². The predicted octanol–water partition coefficient (Wildman–Crippen LogP) is 3.80. The molecule has 2 aromatic carbocycles. The van der Waals surface area contributed by atoms with E-state index >= 15 is 0 Å². The van der Waals surface area contributed by atoms with Gasteiger partial charge in [-0.3, -0.25) is 14.4 Å². The average Bonchev–Trinajstić information content (AvgIpc) is 2.60. The molecule has 5 nitrogen and oxygen atoms in total. The minimum Gasteiger partial charge on any atom is -0.457 e. The highest BCUT2D eigenvalue weighted by atomic mass is 16.5. The zero-order chi connectivity index (χ0) is 18.2. The molecule has 0 aromatic heterocycles. The fourth-order valence-electron chi connectivity index (χ4n) is 2.24. The maximum absolute atomic E-state index is 12.0. The van der Waals surface area contributed by atoms with E-state index in [1.54, 1.807) is 24.3 Å². The molecule has 0 heterocycles. The van der Waals surface area contributed by atoms with Crippen molar-refractivity contribution in [3.8, 4) is 16.9 Å². The SMILES string of the molecule is CCCC(=O)OCC(=O)c1ccc(-c2ccc(OC(C)=O)cc2)cc1. The van der Waals surface area contributed by atoms with Gasteiger partial charge in [-0.25, -0.2) is 0 Å². The third-order valence-corrected chi connectivity index (χ3v) is 3.47. The smallest absolute Gasteiger partial charge is 0.308 e. The van der Waals surface area contributed by atoms with Gasteiger partial charge in [0.1, 0.15) is 5.75 Å². The van der Waals surface area contributed by atoms with Crippen LogP contribution in [0.4, 0.5) is 0 Å². The van der Waals surface area contributed by atoms with Crippen LogP contribution in [0.25, 0.3) is 11.1 Å². The largest absolute Gasteiger partial charge is 0.457 e. The van der Waals surface area contributed by atoms with Gasteiger partial charge in [0.05, 0.1) is 0 Å². The molecule has 0 N–H and O–H groups in total. The summed E-state index contributed by atoms with van der Waals surface area (Å²) in [5.41, 5.74) is 2.35. The molecule has 0 bridgehead atoms. The van der Waals surface area contributed by atoms with Gasteiger partial charge >= 0.3 is 11.9 Å². The first kappa shape index (κ1) is 18.4. The number of carbonyl (C=O) groups excluding carboxylic acids is 3. The Labute approximate surface area is 146 Å². The third kappa shape index (κ3) is 5.57. The van der Waals surface area contributed by atoms with E-state index in [4.69, 9.17) is 9.47 Å². The molecular weight excluding hydrogens is 320 g/mol. The quantitative estimate of drug-likeness (QED) is 0.435. The van der Waals surface area contributed by atoms with E-state index in [-0.39, 0.29) is 24.3 Å². The summed E-state index contributed by atoms with van der Waals surface area (Å²) in [6.45, 7) is 2.99. The van der Waals surface area contributed by atoms with Gasteiger partial charge in [-0.2, -0.15) is 0 Å². The highest BCUT2D eigenvalue weighted by Crippen LogP contribution is 2.23. The second-order valence-corrected chi connectivity index (χ2v) is 5.53. The van der Waals surface area contributed by atoms with Gasteiger partial charge in [-0.1, -0.05) is 43.3 Å². The van der Waals surface area contributed by atoms with Gasteiger partial charge in [0, 0.05) is 18.9 Å². The van der Waals surface area contributed by atoms with Gasteiger partial charge in [0.2, 0.25) is 0 Å². The monoisotopic (exact) mass is 340 g/mol. The first-order valence-electron chi connectivity index (χ1n) is 8.07. The summed E-state index contributed by atoms with van der Waals surface area (Å²) >= 11 is 0. The molecule has 0 radical (unpaired) electrons. The van der Waals surface area contributed by atoms with Crippen LogP contribution in [-0.2, 0) is 14.3 Å². The Kier molecular flexibility index (Phi) is 6.46. The lowest BCUT2D eigenvalue weighted by Crippen LogP contribution is -2.13. The van der Waals surface area contributed by atoms with Gasteiger partial charge in [-0.05, 0) is 29.7 Å². The lowest BCUT2D eigenvalue weighted by atomic mass is 10.0. The van der Waals surface area contributed by atoms with Crippen molar-refractivity contribution >= 4 is 17.7 Å². The van der Waals surface area contributed by atoms with E-state index in [0.29, 0.717) is 24.2 Å². The fourth-order valence-corrected chi connectivity index (χ4v) is 2.24. The summed E-state index contributed by atoms with van der Waals surface area (Å²) in [5, 5.41) is 0. The van der Waals surface area contributed by atoms with Crippen molar-refractivity contribution in [2.24, 2.45) is 0 Å². The van der Waals surface area contributed by atoms with Crippen LogP contribution < -0.4 is 4.74 Å². The molecule has 0 amide bonds. The second kappa shape index (κ2) is 8.78. The molecule has 0 atom stereocenters. The average molecular weight is 340 g/mol. The molecule has 0 aliphatic heterocycles. The lowest BCUT2D eigenvalue weighted by molar-refractivity contribution is -0.142. The van der Waals surface area contributed by atoms with Crippen molar-refractivity contribution in [2.45, 2.75) is 26.7 Å². The van der Waals surface area contributed by atoms with Crippen LogP contribution in [0.15, 0.2) is 48.5 Å². The second-order valence-electron chi connectivity index (χ2n) is 5.53. The Balaban J connectivity index is 2.00. The number of benzene rings is 2. The normalized spacial score (nSPS) is 10.2. The van der Waals surface area contributed by atoms with Crippen molar-refractivity contribution in [3.63, 3.8) is 0 Å². The topological polar surface area (TPSA) is 69.7 Å². The Morgan fingerprint density at radius 1 is 0.880 bits per heavy atom. The predicted molar refractivity (Wildman–Crippen MR) is 93.4 cm³/mol. The van der Waals surface area contributed by atoms with Crippen LogP contribution in [-0.4, -0.2) is 24.3 Å². The molecule has 0 saturated carbocycles. The molecule has 5 heteroatoms. The Hall–Kier alpha value is -2.95. The molecule has 0 spiro atoms. The summed E-state index contributed by atoms with van der Waals surface area (Å²) in [6, 6.07) is 14.1. The molecule has 130 valence electrons. The number of hydrogen-bond donors (Lipinski definition) is 0. The summed E-state index contributed by atoms with van der Waals surface area (Å²) in [4.78, 5) is 34.2. The van der Waals surface area contributed by atoms with Crippen LogP contribution in [0, 0.1) is 0 Å². The summed E-state index contributed by atoms with van der Waals surface area (Å²) in [6.07, 6.45) is 1.01. The molecule has 0 aliphatic carbocycles. The van der Waals surface area contributed by atoms with Crippen molar-refractivity contribution in [3.05, 3.63) is 54.1 Å². The highest BCUT2D eigenvalue weighted by molar-refractivity contribution is 5.98. The molecule has 0 fully saturated rings. The number of carbonyl (C=O) groups is 3.